The number of hydrogen-bond donors (Lipinski definition) is 0. The van der Waals surface area contributed by atoms with Gasteiger partial charge in [-0.15, -0.1) is 0 Å². The van der Waals surface area contributed by atoms with Gasteiger partial charge in [-0.25, -0.2) is 0 Å². The van der Waals surface area contributed by atoms with Crippen LogP contribution < -0.4 is 0 Å². The van der Waals surface area contributed by atoms with Gasteiger partial charge in [0.25, 0.3) is 0 Å². The Balaban J connectivity index is 2.18. The van der Waals surface area contributed by atoms with Crippen molar-refractivity contribution in [2.75, 3.05) is 0 Å². The van der Waals surface area contributed by atoms with Gasteiger partial charge in [-0.05, 0) is 46.9 Å². The molecule has 3 rings (SSSR count). The lowest BCUT2D eigenvalue weighted by atomic mass is 9.90. The summed E-state index contributed by atoms with van der Waals surface area (Å²) in [7, 11) is 0. The highest BCUT2D eigenvalue weighted by atomic mass is 14.3. The van der Waals surface area contributed by atoms with Crippen LogP contribution in [0, 0.1) is 5.41 Å². The standard InChI is InChI=1S/C14H16/c1-14(2)8-11-7-6-10-4-3-5-12(10)13(11)9-14/h3,5-7H,4,8-9H2,1-2H3. The molecule has 0 amide bonds. The molecule has 0 saturated carbocycles. The van der Waals surface area contributed by atoms with Crippen LogP contribution in [-0.2, 0) is 19.3 Å². The second-order valence-corrected chi connectivity index (χ2v) is 5.40. The number of benzene rings is 1. The van der Waals surface area contributed by atoms with E-state index in [-0.39, 0.29) is 0 Å². The zero-order valence-electron chi connectivity index (χ0n) is 8.93. The van der Waals surface area contributed by atoms with Crippen LogP contribution in [0.25, 0.3) is 6.08 Å². The first-order valence-electron chi connectivity index (χ1n) is 5.46. The van der Waals surface area contributed by atoms with Gasteiger partial charge in [0.05, 0.1) is 0 Å². The summed E-state index contributed by atoms with van der Waals surface area (Å²) in [4.78, 5) is 0. The first-order valence-corrected chi connectivity index (χ1v) is 5.46. The summed E-state index contributed by atoms with van der Waals surface area (Å²) in [5.41, 5.74) is 6.75. The summed E-state index contributed by atoms with van der Waals surface area (Å²) in [6.45, 7) is 4.75. The van der Waals surface area contributed by atoms with Crippen molar-refractivity contribution in [3.63, 3.8) is 0 Å². The third-order valence-electron chi connectivity index (χ3n) is 3.49. The average molecular weight is 184 g/mol. The van der Waals surface area contributed by atoms with Crippen molar-refractivity contribution in [1.82, 2.24) is 0 Å². The number of rotatable bonds is 0. The van der Waals surface area contributed by atoms with Crippen LogP contribution >= 0.6 is 0 Å². The van der Waals surface area contributed by atoms with Crippen LogP contribution in [0.3, 0.4) is 0 Å². The van der Waals surface area contributed by atoms with Gasteiger partial charge in [-0.2, -0.15) is 0 Å². The average Bonchev–Trinajstić information content (AvgIpc) is 2.64. The number of hydrogen-bond acceptors (Lipinski definition) is 0. The van der Waals surface area contributed by atoms with Gasteiger partial charge in [0.2, 0.25) is 0 Å². The topological polar surface area (TPSA) is 0 Å². The van der Waals surface area contributed by atoms with Crippen molar-refractivity contribution in [3.8, 4) is 0 Å². The van der Waals surface area contributed by atoms with Crippen molar-refractivity contribution in [2.24, 2.45) is 5.41 Å². The zero-order valence-corrected chi connectivity index (χ0v) is 8.93. The Labute approximate surface area is 85.6 Å². The van der Waals surface area contributed by atoms with Crippen molar-refractivity contribution in [1.29, 1.82) is 0 Å². The Morgan fingerprint density at radius 3 is 2.71 bits per heavy atom. The van der Waals surface area contributed by atoms with Crippen LogP contribution in [0.2, 0.25) is 0 Å². The van der Waals surface area contributed by atoms with E-state index in [2.05, 4.69) is 38.1 Å². The number of fused-ring (bicyclic) bond motifs is 3. The monoisotopic (exact) mass is 184 g/mol. The molecule has 1 aromatic rings. The Morgan fingerprint density at radius 2 is 1.86 bits per heavy atom. The molecule has 0 unspecified atom stereocenters. The van der Waals surface area contributed by atoms with Crippen LogP contribution in [0.5, 0.6) is 0 Å². The fourth-order valence-corrected chi connectivity index (χ4v) is 2.88. The fourth-order valence-electron chi connectivity index (χ4n) is 2.88. The van der Waals surface area contributed by atoms with Crippen molar-refractivity contribution < 1.29 is 0 Å². The van der Waals surface area contributed by atoms with Crippen LogP contribution in [0.4, 0.5) is 0 Å². The third kappa shape index (κ3) is 1.06. The van der Waals surface area contributed by atoms with Crippen molar-refractivity contribution >= 4 is 6.08 Å². The highest BCUT2D eigenvalue weighted by Gasteiger charge is 2.30. The largest absolute Gasteiger partial charge is 0.0795 e. The maximum absolute atomic E-state index is 2.37. The Bertz CT molecular complexity index is 422. The van der Waals surface area contributed by atoms with E-state index in [1.807, 2.05) is 0 Å². The first kappa shape index (κ1) is 8.28. The predicted octanol–water partition coefficient (Wildman–Crippen LogP) is 3.38. The number of allylic oxidation sites excluding steroid dienone is 1. The molecule has 0 aliphatic heterocycles. The summed E-state index contributed by atoms with van der Waals surface area (Å²) < 4.78 is 0. The highest BCUT2D eigenvalue weighted by Crippen LogP contribution is 2.40. The molecule has 0 spiro atoms. The van der Waals surface area contributed by atoms with E-state index in [1.165, 1.54) is 24.0 Å². The van der Waals surface area contributed by atoms with E-state index in [1.54, 1.807) is 11.1 Å². The van der Waals surface area contributed by atoms with E-state index in [4.69, 9.17) is 0 Å². The van der Waals surface area contributed by atoms with Gasteiger partial charge < -0.3 is 0 Å². The molecule has 14 heavy (non-hydrogen) atoms. The van der Waals surface area contributed by atoms with E-state index in [0.717, 1.165) is 6.42 Å². The molecule has 2 aliphatic rings. The molecule has 0 nitrogen and oxygen atoms in total. The molecular formula is C14H16. The summed E-state index contributed by atoms with van der Waals surface area (Å²) in [5.74, 6) is 0. The highest BCUT2D eigenvalue weighted by molar-refractivity contribution is 5.66. The minimum atomic E-state index is 0.480. The van der Waals surface area contributed by atoms with Gasteiger partial charge in [-0.3, -0.25) is 0 Å². The van der Waals surface area contributed by atoms with Gasteiger partial charge in [0.15, 0.2) is 0 Å². The second kappa shape index (κ2) is 2.50. The Morgan fingerprint density at radius 1 is 1.07 bits per heavy atom. The first-order chi connectivity index (χ1) is 6.66. The van der Waals surface area contributed by atoms with Crippen molar-refractivity contribution in [2.45, 2.75) is 33.1 Å². The fraction of sp³-hybridized carbons (Fsp3) is 0.429. The molecule has 0 aromatic heterocycles. The molecule has 0 bridgehead atoms. The van der Waals surface area contributed by atoms with Crippen LogP contribution in [0.15, 0.2) is 18.2 Å². The minimum absolute atomic E-state index is 0.480. The molecule has 0 radical (unpaired) electrons. The van der Waals surface area contributed by atoms with E-state index in [9.17, 15) is 0 Å². The lowest BCUT2D eigenvalue weighted by Gasteiger charge is -2.15. The van der Waals surface area contributed by atoms with Gasteiger partial charge in [-0.1, -0.05) is 38.1 Å². The van der Waals surface area contributed by atoms with Crippen LogP contribution in [-0.4, -0.2) is 0 Å². The molecule has 0 saturated heterocycles. The summed E-state index contributed by atoms with van der Waals surface area (Å²) in [6.07, 6.45) is 8.26. The molecule has 72 valence electrons. The molecular weight excluding hydrogens is 168 g/mol. The molecule has 0 heteroatoms. The lowest BCUT2D eigenvalue weighted by molar-refractivity contribution is 0.392. The van der Waals surface area contributed by atoms with Gasteiger partial charge in [0, 0.05) is 0 Å². The van der Waals surface area contributed by atoms with E-state index < -0.39 is 0 Å². The molecule has 2 aliphatic carbocycles. The Hall–Kier alpha value is -1.04. The van der Waals surface area contributed by atoms with Gasteiger partial charge in [0.1, 0.15) is 0 Å². The predicted molar refractivity (Wildman–Crippen MR) is 60.4 cm³/mol. The normalized spacial score (nSPS) is 21.0. The van der Waals surface area contributed by atoms with E-state index >= 15 is 0 Å². The smallest absolute Gasteiger partial charge is 0.00881 e. The molecule has 0 N–H and O–H groups in total. The second-order valence-electron chi connectivity index (χ2n) is 5.40. The summed E-state index contributed by atoms with van der Waals surface area (Å²) in [5, 5.41) is 0. The molecule has 0 atom stereocenters. The SMILES string of the molecule is CC1(C)Cc2ccc3c(c2C1)C=CC3. The maximum Gasteiger partial charge on any atom is -0.00881 e. The zero-order chi connectivity index (χ0) is 9.76. The lowest BCUT2D eigenvalue weighted by Crippen LogP contribution is -2.09. The summed E-state index contributed by atoms with van der Waals surface area (Å²) in [6, 6.07) is 4.66. The quantitative estimate of drug-likeness (QED) is 0.580. The van der Waals surface area contributed by atoms with Crippen molar-refractivity contribution in [3.05, 3.63) is 40.5 Å². The molecule has 0 heterocycles. The van der Waals surface area contributed by atoms with Gasteiger partial charge >= 0.3 is 0 Å². The Kier molecular flexibility index (Phi) is 1.48. The van der Waals surface area contributed by atoms with Crippen LogP contribution in [0.1, 0.15) is 36.1 Å². The minimum Gasteiger partial charge on any atom is -0.0795 e. The molecule has 0 fully saturated rings. The molecule has 1 aromatic carbocycles. The third-order valence-corrected chi connectivity index (χ3v) is 3.49. The van der Waals surface area contributed by atoms with E-state index in [0.29, 0.717) is 5.41 Å². The maximum atomic E-state index is 2.37. The summed E-state index contributed by atoms with van der Waals surface area (Å²) >= 11 is 0.